The maximum absolute atomic E-state index is 10.9. The standard InChI is InChI=1S/C11H12N4O3/c1-4-6(3)18-10(14-4)7-5(2)13-8(11(16)17)9(12)15-7/h1-3H3,(H2,12,15)(H,16,17). The molecule has 7 heteroatoms. The molecule has 2 aromatic rings. The molecule has 94 valence electrons. The summed E-state index contributed by atoms with van der Waals surface area (Å²) in [6, 6.07) is 0. The summed E-state index contributed by atoms with van der Waals surface area (Å²) in [6.45, 7) is 5.22. The Kier molecular flexibility index (Phi) is 2.74. The second-order valence-corrected chi connectivity index (χ2v) is 3.86. The first-order chi connectivity index (χ1) is 8.40. The number of nitrogens with two attached hydrogens (primary N) is 1. The van der Waals surface area contributed by atoms with E-state index in [9.17, 15) is 4.79 Å². The lowest BCUT2D eigenvalue weighted by Crippen LogP contribution is -2.10. The molecule has 0 radical (unpaired) electrons. The Hall–Kier alpha value is -2.44. The SMILES string of the molecule is Cc1nc(C(=O)O)c(N)nc1-c1nc(C)c(C)o1. The van der Waals surface area contributed by atoms with Crippen molar-refractivity contribution >= 4 is 11.8 Å². The number of aromatic carboxylic acids is 1. The van der Waals surface area contributed by atoms with Gasteiger partial charge >= 0.3 is 5.97 Å². The molecule has 2 rings (SSSR count). The van der Waals surface area contributed by atoms with E-state index in [1.807, 2.05) is 0 Å². The topological polar surface area (TPSA) is 115 Å². The molecule has 0 aliphatic heterocycles. The minimum Gasteiger partial charge on any atom is -0.476 e. The molecule has 0 saturated heterocycles. The normalized spacial score (nSPS) is 10.6. The van der Waals surface area contributed by atoms with Crippen LogP contribution in [0.15, 0.2) is 4.42 Å². The van der Waals surface area contributed by atoms with E-state index in [0.29, 0.717) is 23.0 Å². The Balaban J connectivity index is 2.59. The summed E-state index contributed by atoms with van der Waals surface area (Å²) >= 11 is 0. The van der Waals surface area contributed by atoms with Gasteiger partial charge in [0.15, 0.2) is 11.5 Å². The summed E-state index contributed by atoms with van der Waals surface area (Å²) in [6.07, 6.45) is 0. The van der Waals surface area contributed by atoms with Crippen molar-refractivity contribution < 1.29 is 14.3 Å². The van der Waals surface area contributed by atoms with Crippen LogP contribution in [-0.4, -0.2) is 26.0 Å². The number of nitrogens with zero attached hydrogens (tertiary/aromatic N) is 3. The van der Waals surface area contributed by atoms with Crippen molar-refractivity contribution in [1.82, 2.24) is 15.0 Å². The lowest BCUT2D eigenvalue weighted by atomic mass is 10.3. The molecule has 3 N–H and O–H groups in total. The first-order valence-electron chi connectivity index (χ1n) is 5.22. The molecule has 0 bridgehead atoms. The highest BCUT2D eigenvalue weighted by atomic mass is 16.4. The van der Waals surface area contributed by atoms with E-state index in [0.717, 1.165) is 5.69 Å². The molecule has 0 saturated carbocycles. The number of aryl methyl sites for hydroxylation is 3. The number of rotatable bonds is 2. The van der Waals surface area contributed by atoms with Crippen LogP contribution >= 0.6 is 0 Å². The third-order valence-electron chi connectivity index (χ3n) is 2.53. The number of hydrogen-bond acceptors (Lipinski definition) is 6. The van der Waals surface area contributed by atoms with E-state index in [2.05, 4.69) is 15.0 Å². The molecule has 0 aromatic carbocycles. The average Bonchev–Trinajstić information content (AvgIpc) is 2.61. The number of carboxylic acids is 1. The average molecular weight is 248 g/mol. The Morgan fingerprint density at radius 1 is 1.17 bits per heavy atom. The number of oxazole rings is 1. The van der Waals surface area contributed by atoms with E-state index in [1.165, 1.54) is 0 Å². The van der Waals surface area contributed by atoms with Gasteiger partial charge in [-0.05, 0) is 20.8 Å². The van der Waals surface area contributed by atoms with Crippen molar-refractivity contribution in [3.05, 3.63) is 22.8 Å². The first kappa shape index (κ1) is 12.0. The summed E-state index contributed by atoms with van der Waals surface area (Å²) in [5.41, 5.74) is 6.79. The maximum Gasteiger partial charge on any atom is 0.358 e. The van der Waals surface area contributed by atoms with Crippen LogP contribution in [0.4, 0.5) is 5.82 Å². The quantitative estimate of drug-likeness (QED) is 0.823. The van der Waals surface area contributed by atoms with Crippen LogP contribution in [0.2, 0.25) is 0 Å². The molecule has 2 heterocycles. The highest BCUT2D eigenvalue weighted by Gasteiger charge is 2.19. The van der Waals surface area contributed by atoms with Crippen molar-refractivity contribution in [2.24, 2.45) is 0 Å². The summed E-state index contributed by atoms with van der Waals surface area (Å²) in [4.78, 5) is 22.9. The summed E-state index contributed by atoms with van der Waals surface area (Å²) in [7, 11) is 0. The van der Waals surface area contributed by atoms with Gasteiger partial charge in [-0.3, -0.25) is 0 Å². The van der Waals surface area contributed by atoms with Gasteiger partial charge in [0.25, 0.3) is 0 Å². The molecule has 18 heavy (non-hydrogen) atoms. The highest BCUT2D eigenvalue weighted by Crippen LogP contribution is 2.23. The minimum absolute atomic E-state index is 0.156. The van der Waals surface area contributed by atoms with Crippen LogP contribution in [0, 0.1) is 20.8 Å². The van der Waals surface area contributed by atoms with Crippen LogP contribution in [0.3, 0.4) is 0 Å². The van der Waals surface area contributed by atoms with Crippen molar-refractivity contribution in [2.75, 3.05) is 5.73 Å². The predicted octanol–water partition coefficient (Wildman–Crippen LogP) is 1.34. The van der Waals surface area contributed by atoms with Crippen molar-refractivity contribution in [2.45, 2.75) is 20.8 Å². The van der Waals surface area contributed by atoms with E-state index >= 15 is 0 Å². The number of carbonyl (C=O) groups is 1. The molecule has 7 nitrogen and oxygen atoms in total. The molecule has 0 atom stereocenters. The summed E-state index contributed by atoms with van der Waals surface area (Å²) in [5.74, 6) is -0.406. The smallest absolute Gasteiger partial charge is 0.358 e. The van der Waals surface area contributed by atoms with Gasteiger partial charge in [-0.25, -0.2) is 19.7 Å². The van der Waals surface area contributed by atoms with E-state index in [-0.39, 0.29) is 11.5 Å². The number of aromatic nitrogens is 3. The molecule has 0 aliphatic carbocycles. The lowest BCUT2D eigenvalue weighted by Gasteiger charge is -2.04. The second-order valence-electron chi connectivity index (χ2n) is 3.86. The van der Waals surface area contributed by atoms with Gasteiger partial charge in [-0.15, -0.1) is 0 Å². The molecular formula is C11H12N4O3. The fraction of sp³-hybridized carbons (Fsp3) is 0.273. The minimum atomic E-state index is -1.21. The first-order valence-corrected chi connectivity index (χ1v) is 5.22. The second kappa shape index (κ2) is 4.10. The van der Waals surface area contributed by atoms with Crippen LogP contribution in [0.25, 0.3) is 11.6 Å². The lowest BCUT2D eigenvalue weighted by molar-refractivity contribution is 0.0691. The Labute approximate surface area is 103 Å². The maximum atomic E-state index is 10.9. The van der Waals surface area contributed by atoms with Gasteiger partial charge in [0.05, 0.1) is 11.4 Å². The fourth-order valence-corrected chi connectivity index (χ4v) is 1.47. The Bertz CT molecular complexity index is 614. The van der Waals surface area contributed by atoms with Gasteiger partial charge in [0, 0.05) is 0 Å². The Morgan fingerprint density at radius 3 is 2.33 bits per heavy atom. The van der Waals surface area contributed by atoms with Gasteiger partial charge in [0.2, 0.25) is 5.89 Å². The predicted molar refractivity (Wildman–Crippen MR) is 63.1 cm³/mol. The monoisotopic (exact) mass is 248 g/mol. The third kappa shape index (κ3) is 1.90. The van der Waals surface area contributed by atoms with Gasteiger partial charge < -0.3 is 15.3 Å². The molecular weight excluding hydrogens is 236 g/mol. The van der Waals surface area contributed by atoms with Crippen molar-refractivity contribution in [3.63, 3.8) is 0 Å². The highest BCUT2D eigenvalue weighted by molar-refractivity contribution is 5.90. The Morgan fingerprint density at radius 2 is 1.83 bits per heavy atom. The summed E-state index contributed by atoms with van der Waals surface area (Å²) in [5, 5.41) is 8.88. The zero-order valence-electron chi connectivity index (χ0n) is 10.2. The zero-order chi connectivity index (χ0) is 13.4. The van der Waals surface area contributed by atoms with E-state index in [4.69, 9.17) is 15.3 Å². The number of nitrogen functional groups attached to an aromatic ring is 1. The molecule has 0 unspecified atom stereocenters. The van der Waals surface area contributed by atoms with Crippen molar-refractivity contribution in [3.8, 4) is 11.6 Å². The molecule has 0 spiro atoms. The summed E-state index contributed by atoms with van der Waals surface area (Å²) < 4.78 is 5.42. The van der Waals surface area contributed by atoms with E-state index in [1.54, 1.807) is 20.8 Å². The fourth-order valence-electron chi connectivity index (χ4n) is 1.47. The number of carboxylic acid groups (broad SMARTS) is 1. The largest absolute Gasteiger partial charge is 0.476 e. The third-order valence-corrected chi connectivity index (χ3v) is 2.53. The van der Waals surface area contributed by atoms with Gasteiger partial charge in [-0.1, -0.05) is 0 Å². The number of hydrogen-bond donors (Lipinski definition) is 2. The molecule has 0 aliphatic rings. The zero-order valence-corrected chi connectivity index (χ0v) is 10.2. The molecule has 0 amide bonds. The molecule has 0 fully saturated rings. The van der Waals surface area contributed by atoms with Crippen LogP contribution in [0.1, 0.15) is 27.6 Å². The van der Waals surface area contributed by atoms with Gasteiger partial charge in [-0.2, -0.15) is 0 Å². The van der Waals surface area contributed by atoms with E-state index < -0.39 is 5.97 Å². The van der Waals surface area contributed by atoms with Gasteiger partial charge in [0.1, 0.15) is 11.5 Å². The van der Waals surface area contributed by atoms with Crippen LogP contribution < -0.4 is 5.73 Å². The van der Waals surface area contributed by atoms with Crippen molar-refractivity contribution in [1.29, 1.82) is 0 Å². The van der Waals surface area contributed by atoms with Crippen LogP contribution in [-0.2, 0) is 0 Å². The molecule has 2 aromatic heterocycles. The van der Waals surface area contributed by atoms with Crippen LogP contribution in [0.5, 0.6) is 0 Å². The number of anilines is 1.